The number of nitrogens with zero attached hydrogens (tertiary/aromatic N) is 3. The number of nitrogens with one attached hydrogen (secondary N) is 1. The van der Waals surface area contributed by atoms with Crippen LogP contribution in [-0.2, 0) is 20.9 Å². The third-order valence-corrected chi connectivity index (χ3v) is 6.48. The van der Waals surface area contributed by atoms with Gasteiger partial charge in [-0.2, -0.15) is 0 Å². The summed E-state index contributed by atoms with van der Waals surface area (Å²) in [6.45, 7) is 7.64. The van der Waals surface area contributed by atoms with Crippen LogP contribution in [0.4, 0.5) is 0 Å². The van der Waals surface area contributed by atoms with Crippen LogP contribution < -0.4 is 5.32 Å². The molecule has 1 N–H and O–H groups in total. The second kappa shape index (κ2) is 10.3. The van der Waals surface area contributed by atoms with E-state index in [1.807, 2.05) is 68.3 Å². The molecule has 1 unspecified atom stereocenters. The van der Waals surface area contributed by atoms with E-state index >= 15 is 0 Å². The van der Waals surface area contributed by atoms with Crippen molar-refractivity contribution in [3.63, 3.8) is 0 Å². The number of allylic oxidation sites excluding steroid dienone is 1. The number of carbonyl (C=O) groups excluding carboxylic acids is 2. The average molecular weight is 511 g/mol. The molecular formula is C26H27ClN4O3S. The Morgan fingerprint density at radius 2 is 1.91 bits per heavy atom. The molecule has 1 amide bonds. The van der Waals surface area contributed by atoms with E-state index in [4.69, 9.17) is 16.3 Å². The second-order valence-electron chi connectivity index (χ2n) is 9.22. The number of fused-ring (bicyclic) bond motifs is 1. The number of rotatable bonds is 6. The third-order valence-electron chi connectivity index (χ3n) is 5.34. The van der Waals surface area contributed by atoms with Gasteiger partial charge in [0.2, 0.25) is 5.91 Å². The highest BCUT2D eigenvalue weighted by atomic mass is 35.5. The lowest BCUT2D eigenvalue weighted by molar-refractivity contribution is -0.150. The minimum Gasteiger partial charge on any atom is -0.456 e. The zero-order valence-electron chi connectivity index (χ0n) is 20.0. The van der Waals surface area contributed by atoms with E-state index in [1.165, 1.54) is 11.8 Å². The Kier molecular flexibility index (Phi) is 7.33. The topological polar surface area (TPSA) is 83.9 Å². The van der Waals surface area contributed by atoms with Crippen molar-refractivity contribution in [2.24, 2.45) is 4.99 Å². The molecule has 1 aromatic heterocycles. The number of thioether (sulfide) groups is 1. The van der Waals surface area contributed by atoms with Gasteiger partial charge in [0.1, 0.15) is 5.60 Å². The minimum absolute atomic E-state index is 0.129. The summed E-state index contributed by atoms with van der Waals surface area (Å²) in [7, 11) is 0. The number of amides is 1. The quantitative estimate of drug-likeness (QED) is 0.527. The van der Waals surface area contributed by atoms with E-state index in [1.54, 1.807) is 18.3 Å². The molecule has 0 aliphatic carbocycles. The van der Waals surface area contributed by atoms with E-state index in [2.05, 4.69) is 15.3 Å². The maximum atomic E-state index is 13.3. The predicted molar refractivity (Wildman–Crippen MR) is 138 cm³/mol. The Labute approximate surface area is 214 Å². The number of amidine groups is 1. The van der Waals surface area contributed by atoms with E-state index in [0.29, 0.717) is 28.0 Å². The van der Waals surface area contributed by atoms with Gasteiger partial charge in [-0.3, -0.25) is 9.78 Å². The number of aliphatic imine (C=N–C) groups is 1. The van der Waals surface area contributed by atoms with Crippen molar-refractivity contribution in [2.45, 2.75) is 52.3 Å². The van der Waals surface area contributed by atoms with Gasteiger partial charge in [0.25, 0.3) is 0 Å². The molecular weight excluding hydrogens is 484 g/mol. The van der Waals surface area contributed by atoms with Gasteiger partial charge < -0.3 is 15.0 Å². The molecule has 182 valence electrons. The molecule has 0 bridgehead atoms. The summed E-state index contributed by atoms with van der Waals surface area (Å²) >= 11 is 7.58. The second-order valence-corrected chi connectivity index (χ2v) is 10.5. The number of halogens is 1. The van der Waals surface area contributed by atoms with E-state index in [0.717, 1.165) is 17.0 Å². The number of hydrogen-bond acceptors (Lipinski definition) is 7. The normalized spacial score (nSPS) is 17.5. The summed E-state index contributed by atoms with van der Waals surface area (Å²) in [5.41, 5.74) is 2.74. The molecule has 3 heterocycles. The van der Waals surface area contributed by atoms with Crippen molar-refractivity contribution >= 4 is 40.4 Å². The van der Waals surface area contributed by atoms with Crippen LogP contribution in [0.15, 0.2) is 76.0 Å². The molecule has 0 radical (unpaired) electrons. The van der Waals surface area contributed by atoms with Crippen LogP contribution in [-0.4, -0.2) is 32.5 Å². The zero-order chi connectivity index (χ0) is 25.2. The first kappa shape index (κ1) is 25.0. The van der Waals surface area contributed by atoms with Gasteiger partial charge in [-0.15, -0.1) is 0 Å². The summed E-state index contributed by atoms with van der Waals surface area (Å²) < 4.78 is 5.74. The van der Waals surface area contributed by atoms with Gasteiger partial charge in [0.15, 0.2) is 5.17 Å². The highest BCUT2D eigenvalue weighted by Gasteiger charge is 2.41. The SMILES string of the molecule is CC1=C(C(=O)OC(C)(C)C)C(c2ccc(Cl)cc2)N2C(CC(=O)NCc3ccccn3)=CSC2=N1. The molecule has 1 aromatic carbocycles. The van der Waals surface area contributed by atoms with Gasteiger partial charge in [0.05, 0.1) is 36.0 Å². The minimum atomic E-state index is -0.664. The largest absolute Gasteiger partial charge is 0.456 e. The van der Waals surface area contributed by atoms with Crippen molar-refractivity contribution in [2.75, 3.05) is 0 Å². The highest BCUT2D eigenvalue weighted by Crippen LogP contribution is 2.45. The molecule has 1 atom stereocenters. The maximum Gasteiger partial charge on any atom is 0.338 e. The zero-order valence-corrected chi connectivity index (χ0v) is 21.6. The van der Waals surface area contributed by atoms with Gasteiger partial charge >= 0.3 is 5.97 Å². The van der Waals surface area contributed by atoms with Crippen molar-refractivity contribution in [3.05, 3.63) is 87.3 Å². The Balaban J connectivity index is 1.62. The lowest BCUT2D eigenvalue weighted by Gasteiger charge is -2.37. The van der Waals surface area contributed by atoms with Gasteiger partial charge in [-0.25, -0.2) is 9.79 Å². The molecule has 2 aromatic rings. The van der Waals surface area contributed by atoms with Gasteiger partial charge in [-0.05, 0) is 62.9 Å². The lowest BCUT2D eigenvalue weighted by atomic mass is 9.93. The monoisotopic (exact) mass is 510 g/mol. The number of esters is 1. The number of ether oxygens (including phenoxy) is 1. The molecule has 7 nitrogen and oxygen atoms in total. The summed E-state index contributed by atoms with van der Waals surface area (Å²) in [4.78, 5) is 37.0. The van der Waals surface area contributed by atoms with E-state index in [-0.39, 0.29) is 12.3 Å². The molecule has 2 aliphatic heterocycles. The van der Waals surface area contributed by atoms with Gasteiger partial charge in [-0.1, -0.05) is 41.6 Å². The molecule has 2 aliphatic rings. The van der Waals surface area contributed by atoms with Gasteiger partial charge in [0, 0.05) is 16.9 Å². The van der Waals surface area contributed by atoms with Crippen LogP contribution in [0.3, 0.4) is 0 Å². The summed E-state index contributed by atoms with van der Waals surface area (Å²) in [5, 5.41) is 6.13. The maximum absolute atomic E-state index is 13.3. The molecule has 35 heavy (non-hydrogen) atoms. The number of carbonyl (C=O) groups is 2. The van der Waals surface area contributed by atoms with E-state index < -0.39 is 17.6 Å². The average Bonchev–Trinajstić information content (AvgIpc) is 3.18. The molecule has 9 heteroatoms. The Morgan fingerprint density at radius 3 is 2.57 bits per heavy atom. The van der Waals surface area contributed by atoms with Crippen molar-refractivity contribution in [1.82, 2.24) is 15.2 Å². The highest BCUT2D eigenvalue weighted by molar-refractivity contribution is 8.16. The van der Waals surface area contributed by atoms with Crippen molar-refractivity contribution < 1.29 is 14.3 Å². The molecule has 0 saturated carbocycles. The Morgan fingerprint density at radius 1 is 1.17 bits per heavy atom. The number of aromatic nitrogens is 1. The number of benzene rings is 1. The fraction of sp³-hybridized carbons (Fsp3) is 0.308. The molecule has 0 spiro atoms. The first-order valence-corrected chi connectivity index (χ1v) is 12.5. The first-order chi connectivity index (χ1) is 16.6. The fourth-order valence-corrected chi connectivity index (χ4v) is 4.93. The van der Waals surface area contributed by atoms with Crippen LogP contribution >= 0.6 is 23.4 Å². The van der Waals surface area contributed by atoms with Crippen LogP contribution in [0.2, 0.25) is 5.02 Å². The summed E-state index contributed by atoms with van der Waals surface area (Å²) in [6.07, 6.45) is 1.82. The predicted octanol–water partition coefficient (Wildman–Crippen LogP) is 5.36. The van der Waals surface area contributed by atoms with Crippen molar-refractivity contribution in [3.8, 4) is 0 Å². The number of pyridine rings is 1. The Bertz CT molecular complexity index is 1220. The third kappa shape index (κ3) is 5.94. The van der Waals surface area contributed by atoms with Crippen LogP contribution in [0.1, 0.15) is 51.4 Å². The van der Waals surface area contributed by atoms with Crippen LogP contribution in [0.5, 0.6) is 0 Å². The fourth-order valence-electron chi connectivity index (χ4n) is 3.84. The molecule has 0 saturated heterocycles. The summed E-state index contributed by atoms with van der Waals surface area (Å²) in [6, 6.07) is 12.4. The Hall–Kier alpha value is -3.10. The number of hydrogen-bond donors (Lipinski definition) is 1. The standard InChI is InChI=1S/C26H27ClN4O3S/c1-16-22(24(33)34-26(2,3)4)23(17-8-10-18(27)11-9-17)31-20(15-35-25(31)30-16)13-21(32)29-14-19-7-5-6-12-28-19/h5-12,15,23H,13-14H2,1-4H3,(H,29,32). The molecule has 0 fully saturated rings. The van der Waals surface area contributed by atoms with E-state index in [9.17, 15) is 9.59 Å². The van der Waals surface area contributed by atoms with Crippen LogP contribution in [0, 0.1) is 0 Å². The van der Waals surface area contributed by atoms with Crippen LogP contribution in [0.25, 0.3) is 0 Å². The molecule has 4 rings (SSSR count). The summed E-state index contributed by atoms with van der Waals surface area (Å²) in [5.74, 6) is -0.586. The first-order valence-electron chi connectivity index (χ1n) is 11.2. The smallest absolute Gasteiger partial charge is 0.338 e. The lowest BCUT2D eigenvalue weighted by Crippen LogP contribution is -2.39. The van der Waals surface area contributed by atoms with Crippen molar-refractivity contribution in [1.29, 1.82) is 0 Å².